The predicted molar refractivity (Wildman–Crippen MR) is 135 cm³/mol. The molecule has 3 aromatic rings. The number of amides is 3. The number of imide groups is 1. The number of hydrogen-bond donors (Lipinski definition) is 2. The fourth-order valence-corrected chi connectivity index (χ4v) is 6.45. The Morgan fingerprint density at radius 3 is 2.42 bits per heavy atom. The van der Waals surface area contributed by atoms with Crippen LogP contribution < -0.4 is 5.32 Å². The average molecular weight is 490 g/mol. The molecule has 7 nitrogen and oxygen atoms in total. The van der Waals surface area contributed by atoms with E-state index in [-0.39, 0.29) is 29.7 Å². The van der Waals surface area contributed by atoms with Crippen LogP contribution in [0.1, 0.15) is 49.9 Å². The summed E-state index contributed by atoms with van der Waals surface area (Å²) in [5, 5.41) is 3.17. The molecule has 1 aliphatic carbocycles. The zero-order chi connectivity index (χ0) is 24.7. The lowest BCUT2D eigenvalue weighted by atomic mass is 9.73. The van der Waals surface area contributed by atoms with Crippen molar-refractivity contribution in [2.45, 2.75) is 63.1 Å². The Kier molecular flexibility index (Phi) is 5.99. The van der Waals surface area contributed by atoms with Crippen molar-refractivity contribution in [1.82, 2.24) is 25.1 Å². The SMILES string of the molecule is O=C1N[C@@](Cc2ccc(F)cc2)(C2CCN(Cc3nc4ccccc4[nH]3)CC2)C(=O)N1C1CCCC1. The van der Waals surface area contributed by atoms with Gasteiger partial charge in [0.15, 0.2) is 0 Å². The van der Waals surface area contributed by atoms with E-state index >= 15 is 0 Å². The standard InChI is InChI=1S/C28H32FN5O2/c29-21-11-9-19(10-12-21)17-28(26(35)34(27(36)32-28)22-5-1-2-6-22)20-13-15-33(16-14-20)18-25-30-23-7-3-4-8-24(23)31-25/h3-4,7-12,20,22H,1-2,5-6,13-18H2,(H,30,31)(H,32,36)/t28-/m0/s1. The van der Waals surface area contributed by atoms with E-state index in [9.17, 15) is 14.0 Å². The number of likely N-dealkylation sites (tertiary alicyclic amines) is 1. The Labute approximate surface area is 210 Å². The molecule has 0 unspecified atom stereocenters. The van der Waals surface area contributed by atoms with Gasteiger partial charge in [0, 0.05) is 12.5 Å². The van der Waals surface area contributed by atoms with Crippen molar-refractivity contribution in [3.63, 3.8) is 0 Å². The Morgan fingerprint density at radius 2 is 1.69 bits per heavy atom. The third-order valence-electron chi connectivity index (χ3n) is 8.33. The Hall–Kier alpha value is -3.26. The van der Waals surface area contributed by atoms with Gasteiger partial charge in [-0.3, -0.25) is 14.6 Å². The van der Waals surface area contributed by atoms with E-state index in [0.29, 0.717) is 6.42 Å². The van der Waals surface area contributed by atoms with Gasteiger partial charge in [-0.2, -0.15) is 0 Å². The highest BCUT2D eigenvalue weighted by Gasteiger charge is 2.57. The van der Waals surface area contributed by atoms with Crippen LogP contribution in [0.4, 0.5) is 9.18 Å². The minimum atomic E-state index is -0.983. The number of nitrogens with zero attached hydrogens (tertiary/aromatic N) is 3. The largest absolute Gasteiger partial charge is 0.341 e. The van der Waals surface area contributed by atoms with Crippen LogP contribution in [0.5, 0.6) is 0 Å². The summed E-state index contributed by atoms with van der Waals surface area (Å²) in [4.78, 5) is 39.2. The lowest BCUT2D eigenvalue weighted by molar-refractivity contribution is -0.135. The number of H-pyrrole nitrogens is 1. The number of carbonyl (C=O) groups excluding carboxylic acids is 2. The van der Waals surface area contributed by atoms with Gasteiger partial charge in [0.2, 0.25) is 0 Å². The van der Waals surface area contributed by atoms with Crippen LogP contribution in [0.15, 0.2) is 48.5 Å². The summed E-state index contributed by atoms with van der Waals surface area (Å²) in [6, 6.07) is 14.0. The van der Waals surface area contributed by atoms with E-state index in [0.717, 1.165) is 80.6 Å². The Morgan fingerprint density at radius 1 is 0.972 bits per heavy atom. The van der Waals surface area contributed by atoms with Crippen LogP contribution in [-0.4, -0.2) is 56.4 Å². The number of hydrogen-bond acceptors (Lipinski definition) is 4. The zero-order valence-electron chi connectivity index (χ0n) is 20.4. The number of carbonyl (C=O) groups is 2. The molecule has 3 aliphatic rings. The van der Waals surface area contributed by atoms with Gasteiger partial charge in [0.1, 0.15) is 17.2 Å². The number of fused-ring (bicyclic) bond motifs is 1. The molecule has 1 aromatic heterocycles. The maximum atomic E-state index is 14.0. The molecule has 3 fully saturated rings. The highest BCUT2D eigenvalue weighted by atomic mass is 19.1. The van der Waals surface area contributed by atoms with Gasteiger partial charge in [-0.25, -0.2) is 14.2 Å². The quantitative estimate of drug-likeness (QED) is 0.503. The topological polar surface area (TPSA) is 81.3 Å². The molecule has 2 aliphatic heterocycles. The van der Waals surface area contributed by atoms with Gasteiger partial charge in [-0.05, 0) is 74.5 Å². The molecule has 0 spiro atoms. The van der Waals surface area contributed by atoms with Crippen molar-refractivity contribution >= 4 is 23.0 Å². The molecule has 6 rings (SSSR count). The smallest absolute Gasteiger partial charge is 0.325 e. The van der Waals surface area contributed by atoms with E-state index in [4.69, 9.17) is 4.98 Å². The number of benzene rings is 2. The summed E-state index contributed by atoms with van der Waals surface area (Å²) in [5.41, 5.74) is 1.88. The first-order valence-corrected chi connectivity index (χ1v) is 13.1. The highest BCUT2D eigenvalue weighted by Crippen LogP contribution is 2.39. The third-order valence-corrected chi connectivity index (χ3v) is 8.33. The molecular weight excluding hydrogens is 457 g/mol. The number of nitrogens with one attached hydrogen (secondary N) is 2. The summed E-state index contributed by atoms with van der Waals surface area (Å²) in [6.07, 6.45) is 5.83. The van der Waals surface area contributed by atoms with Gasteiger partial charge in [-0.15, -0.1) is 0 Å². The molecule has 1 atom stereocenters. The van der Waals surface area contributed by atoms with Crippen LogP contribution in [0.2, 0.25) is 0 Å². The van der Waals surface area contributed by atoms with Crippen LogP contribution in [0, 0.1) is 11.7 Å². The molecule has 2 saturated heterocycles. The van der Waals surface area contributed by atoms with E-state index in [1.54, 1.807) is 12.1 Å². The number of para-hydroxylation sites is 2. The maximum Gasteiger partial charge on any atom is 0.325 e. The van der Waals surface area contributed by atoms with Crippen molar-refractivity contribution in [3.8, 4) is 0 Å². The van der Waals surface area contributed by atoms with Crippen molar-refractivity contribution in [2.75, 3.05) is 13.1 Å². The number of aromatic amines is 1. The predicted octanol–water partition coefficient (Wildman–Crippen LogP) is 4.39. The van der Waals surface area contributed by atoms with E-state index < -0.39 is 5.54 Å². The molecule has 8 heteroatoms. The summed E-state index contributed by atoms with van der Waals surface area (Å²) < 4.78 is 13.6. The third kappa shape index (κ3) is 4.17. The first-order valence-electron chi connectivity index (χ1n) is 13.1. The van der Waals surface area contributed by atoms with E-state index in [1.165, 1.54) is 17.0 Å². The lowest BCUT2D eigenvalue weighted by Crippen LogP contribution is -2.57. The first kappa shape index (κ1) is 23.2. The molecular formula is C28H32FN5O2. The summed E-state index contributed by atoms with van der Waals surface area (Å²) in [6.45, 7) is 2.36. The zero-order valence-corrected chi connectivity index (χ0v) is 20.4. The van der Waals surface area contributed by atoms with Crippen molar-refractivity contribution in [2.24, 2.45) is 5.92 Å². The molecule has 0 radical (unpaired) electrons. The Bertz CT molecular complexity index is 1230. The molecule has 2 aromatic carbocycles. The number of rotatable bonds is 6. The highest BCUT2D eigenvalue weighted by molar-refractivity contribution is 6.07. The van der Waals surface area contributed by atoms with E-state index in [2.05, 4.69) is 15.2 Å². The molecule has 3 heterocycles. The number of piperidine rings is 1. The molecule has 0 bridgehead atoms. The second-order valence-electron chi connectivity index (χ2n) is 10.6. The van der Waals surface area contributed by atoms with Gasteiger partial charge >= 0.3 is 6.03 Å². The van der Waals surface area contributed by atoms with Gasteiger partial charge < -0.3 is 10.3 Å². The Balaban J connectivity index is 1.21. The average Bonchev–Trinajstić information content (AvgIpc) is 3.60. The summed E-state index contributed by atoms with van der Waals surface area (Å²) in [7, 11) is 0. The van der Waals surface area contributed by atoms with Crippen molar-refractivity contribution < 1.29 is 14.0 Å². The fourth-order valence-electron chi connectivity index (χ4n) is 6.45. The lowest BCUT2D eigenvalue weighted by Gasteiger charge is -2.41. The van der Waals surface area contributed by atoms with Crippen LogP contribution in [0.3, 0.4) is 0 Å². The monoisotopic (exact) mass is 489 g/mol. The van der Waals surface area contributed by atoms with Crippen molar-refractivity contribution in [3.05, 3.63) is 65.7 Å². The number of urea groups is 1. The minimum absolute atomic E-state index is 0.0114. The molecule has 36 heavy (non-hydrogen) atoms. The first-order chi connectivity index (χ1) is 17.5. The summed E-state index contributed by atoms with van der Waals surface area (Å²) >= 11 is 0. The second kappa shape index (κ2) is 9.32. The second-order valence-corrected chi connectivity index (χ2v) is 10.6. The van der Waals surface area contributed by atoms with Gasteiger partial charge in [0.25, 0.3) is 5.91 Å². The van der Waals surface area contributed by atoms with Gasteiger partial charge in [-0.1, -0.05) is 37.1 Å². The molecule has 1 saturated carbocycles. The van der Waals surface area contributed by atoms with E-state index in [1.807, 2.05) is 24.3 Å². The molecule has 188 valence electrons. The maximum absolute atomic E-state index is 14.0. The molecule has 2 N–H and O–H groups in total. The van der Waals surface area contributed by atoms with Crippen LogP contribution in [-0.2, 0) is 17.8 Å². The number of imidazole rings is 1. The van der Waals surface area contributed by atoms with Crippen LogP contribution >= 0.6 is 0 Å². The van der Waals surface area contributed by atoms with Gasteiger partial charge in [0.05, 0.1) is 17.6 Å². The number of halogens is 1. The van der Waals surface area contributed by atoms with Crippen molar-refractivity contribution in [1.29, 1.82) is 0 Å². The summed E-state index contributed by atoms with van der Waals surface area (Å²) in [5.74, 6) is 0.547. The van der Waals surface area contributed by atoms with Crippen LogP contribution in [0.25, 0.3) is 11.0 Å². The fraction of sp³-hybridized carbons (Fsp3) is 0.464. The minimum Gasteiger partial charge on any atom is -0.341 e. The number of aromatic nitrogens is 2. The normalized spacial score (nSPS) is 24.2. The molecule has 3 amide bonds.